The molecule has 0 aliphatic rings. The molecular formula is C16H12BrF4N5. The minimum Gasteiger partial charge on any atom is -0.329 e. The molecule has 0 saturated carbocycles. The van der Waals surface area contributed by atoms with Gasteiger partial charge >= 0.3 is 6.18 Å². The van der Waals surface area contributed by atoms with Crippen LogP contribution in [0.5, 0.6) is 0 Å². The molecule has 3 rings (SSSR count). The summed E-state index contributed by atoms with van der Waals surface area (Å²) >= 11 is 3.21. The van der Waals surface area contributed by atoms with E-state index in [-0.39, 0.29) is 17.3 Å². The van der Waals surface area contributed by atoms with Gasteiger partial charge in [0.25, 0.3) is 0 Å². The molecule has 1 heterocycles. The first-order chi connectivity index (χ1) is 12.2. The number of hydrogen-bond donors (Lipinski definition) is 2. The van der Waals surface area contributed by atoms with Crippen LogP contribution in [0.3, 0.4) is 0 Å². The van der Waals surface area contributed by atoms with Gasteiger partial charge in [0.05, 0.1) is 11.1 Å². The van der Waals surface area contributed by atoms with Gasteiger partial charge < -0.3 is 4.90 Å². The van der Waals surface area contributed by atoms with E-state index < -0.39 is 17.6 Å². The van der Waals surface area contributed by atoms with E-state index >= 15 is 0 Å². The van der Waals surface area contributed by atoms with E-state index in [1.54, 1.807) is 13.1 Å². The number of nitrogens with zero attached hydrogens (tertiary/aromatic N) is 3. The summed E-state index contributed by atoms with van der Waals surface area (Å²) < 4.78 is 53.1. The van der Waals surface area contributed by atoms with Crippen LogP contribution in [0.25, 0.3) is 10.9 Å². The number of nitrogens with one attached hydrogen (secondary N) is 1. The number of hydrogen-bond acceptors (Lipinski definition) is 5. The van der Waals surface area contributed by atoms with Gasteiger partial charge in [-0.15, -0.1) is 0 Å². The zero-order chi connectivity index (χ0) is 19.1. The van der Waals surface area contributed by atoms with Crippen molar-refractivity contribution in [3.05, 3.63) is 52.3 Å². The lowest BCUT2D eigenvalue weighted by atomic mass is 10.1. The first-order valence-electron chi connectivity index (χ1n) is 7.24. The predicted molar refractivity (Wildman–Crippen MR) is 94.5 cm³/mol. The number of fused-ring (bicyclic) bond motifs is 1. The fourth-order valence-corrected chi connectivity index (χ4v) is 2.92. The first-order valence-corrected chi connectivity index (χ1v) is 8.04. The minimum absolute atomic E-state index is 0.0556. The Morgan fingerprint density at radius 2 is 1.85 bits per heavy atom. The van der Waals surface area contributed by atoms with Crippen molar-refractivity contribution in [2.75, 3.05) is 17.4 Å². The second-order valence-electron chi connectivity index (χ2n) is 5.43. The van der Waals surface area contributed by atoms with Crippen LogP contribution in [-0.2, 0) is 6.18 Å². The molecule has 0 unspecified atom stereocenters. The number of aromatic nitrogens is 2. The zero-order valence-electron chi connectivity index (χ0n) is 13.3. The molecule has 3 aromatic rings. The number of anilines is 3. The molecule has 0 amide bonds. The second-order valence-corrected chi connectivity index (χ2v) is 6.35. The highest BCUT2D eigenvalue weighted by atomic mass is 79.9. The van der Waals surface area contributed by atoms with Crippen molar-refractivity contribution in [3.63, 3.8) is 0 Å². The molecule has 0 saturated heterocycles. The number of alkyl halides is 3. The molecule has 3 N–H and O–H groups in total. The summed E-state index contributed by atoms with van der Waals surface area (Å²) in [5.74, 6) is 5.07. The monoisotopic (exact) mass is 429 g/mol. The van der Waals surface area contributed by atoms with Gasteiger partial charge in [0.1, 0.15) is 11.6 Å². The summed E-state index contributed by atoms with van der Waals surface area (Å²) in [4.78, 5) is 9.72. The molecule has 26 heavy (non-hydrogen) atoms. The highest BCUT2D eigenvalue weighted by molar-refractivity contribution is 9.10. The van der Waals surface area contributed by atoms with E-state index in [4.69, 9.17) is 5.84 Å². The summed E-state index contributed by atoms with van der Waals surface area (Å²) in [7, 11) is 1.61. The fraction of sp³-hybridized carbons (Fsp3) is 0.125. The highest BCUT2D eigenvalue weighted by Crippen LogP contribution is 2.35. The van der Waals surface area contributed by atoms with Gasteiger partial charge in [0, 0.05) is 22.6 Å². The Labute approximate surface area is 153 Å². The molecule has 0 bridgehead atoms. The van der Waals surface area contributed by atoms with Gasteiger partial charge in [-0.25, -0.2) is 15.2 Å². The molecular weight excluding hydrogens is 418 g/mol. The van der Waals surface area contributed by atoms with Crippen molar-refractivity contribution in [1.29, 1.82) is 0 Å². The van der Waals surface area contributed by atoms with Crippen LogP contribution >= 0.6 is 15.9 Å². The molecule has 1 aromatic heterocycles. The van der Waals surface area contributed by atoms with E-state index in [0.29, 0.717) is 15.5 Å². The van der Waals surface area contributed by atoms with Crippen LogP contribution in [-0.4, -0.2) is 17.0 Å². The van der Waals surface area contributed by atoms with Crippen LogP contribution in [0.2, 0.25) is 0 Å². The predicted octanol–water partition coefficient (Wildman–Crippen LogP) is 4.60. The number of benzene rings is 2. The summed E-state index contributed by atoms with van der Waals surface area (Å²) in [6.07, 6.45) is -4.51. The second kappa shape index (κ2) is 6.69. The topological polar surface area (TPSA) is 67.1 Å². The lowest BCUT2D eigenvalue weighted by Crippen LogP contribution is -2.17. The van der Waals surface area contributed by atoms with Crippen molar-refractivity contribution in [2.24, 2.45) is 5.84 Å². The molecule has 10 heteroatoms. The van der Waals surface area contributed by atoms with Crippen LogP contribution in [0.4, 0.5) is 35.0 Å². The minimum atomic E-state index is -4.51. The molecule has 0 atom stereocenters. The Balaban J connectivity index is 2.20. The van der Waals surface area contributed by atoms with Crippen LogP contribution in [0.1, 0.15) is 5.56 Å². The summed E-state index contributed by atoms with van der Waals surface area (Å²) in [5.41, 5.74) is 1.89. The third kappa shape index (κ3) is 3.56. The molecule has 0 aliphatic carbocycles. The zero-order valence-corrected chi connectivity index (χ0v) is 14.9. The van der Waals surface area contributed by atoms with Gasteiger partial charge in [0.2, 0.25) is 5.95 Å². The van der Waals surface area contributed by atoms with E-state index in [9.17, 15) is 17.6 Å². The van der Waals surface area contributed by atoms with E-state index in [1.165, 1.54) is 23.1 Å². The third-order valence-corrected chi connectivity index (χ3v) is 4.14. The van der Waals surface area contributed by atoms with E-state index in [1.807, 2.05) is 0 Å². The average molecular weight is 430 g/mol. The summed E-state index contributed by atoms with van der Waals surface area (Å²) in [6.45, 7) is 0. The van der Waals surface area contributed by atoms with Gasteiger partial charge in [-0.1, -0.05) is 15.9 Å². The molecule has 0 radical (unpaired) electrons. The maximum atomic E-state index is 13.7. The van der Waals surface area contributed by atoms with Crippen molar-refractivity contribution in [3.8, 4) is 0 Å². The SMILES string of the molecule is CN(c1cc(F)cc(Br)c1)c1nc(NN)nc2cc(C(F)(F)F)ccc12. The van der Waals surface area contributed by atoms with E-state index in [2.05, 4.69) is 31.3 Å². The Morgan fingerprint density at radius 1 is 1.12 bits per heavy atom. The maximum absolute atomic E-state index is 13.7. The van der Waals surface area contributed by atoms with Crippen LogP contribution in [0.15, 0.2) is 40.9 Å². The van der Waals surface area contributed by atoms with Crippen LogP contribution < -0.4 is 16.2 Å². The van der Waals surface area contributed by atoms with Crippen molar-refractivity contribution < 1.29 is 17.6 Å². The lowest BCUT2D eigenvalue weighted by molar-refractivity contribution is -0.137. The Morgan fingerprint density at radius 3 is 2.46 bits per heavy atom. The Kier molecular flexibility index (Phi) is 4.72. The average Bonchev–Trinajstić information content (AvgIpc) is 2.57. The molecule has 0 fully saturated rings. The van der Waals surface area contributed by atoms with Gasteiger partial charge in [-0.05, 0) is 36.4 Å². The summed E-state index contributed by atoms with van der Waals surface area (Å²) in [6, 6.07) is 7.35. The number of rotatable bonds is 3. The molecule has 5 nitrogen and oxygen atoms in total. The Hall–Kier alpha value is -2.46. The number of hydrazine groups is 1. The number of nitrogens with two attached hydrogens (primary N) is 1. The molecule has 136 valence electrons. The standard InChI is InChI=1S/C16H12BrF4N5/c1-26(11-6-9(17)5-10(18)7-11)14-12-3-2-8(16(19,20)21)4-13(12)23-15(24-14)25-22/h2-7H,22H2,1H3,(H,23,24,25). The summed E-state index contributed by atoms with van der Waals surface area (Å²) in [5, 5.41) is 0.361. The first kappa shape index (κ1) is 18.3. The maximum Gasteiger partial charge on any atom is 0.416 e. The van der Waals surface area contributed by atoms with Gasteiger partial charge in [0.15, 0.2) is 0 Å². The highest BCUT2D eigenvalue weighted by Gasteiger charge is 2.31. The van der Waals surface area contributed by atoms with Crippen LogP contribution in [0, 0.1) is 5.82 Å². The van der Waals surface area contributed by atoms with Crippen molar-refractivity contribution >= 4 is 44.3 Å². The largest absolute Gasteiger partial charge is 0.416 e. The van der Waals surface area contributed by atoms with Crippen molar-refractivity contribution in [1.82, 2.24) is 9.97 Å². The molecule has 0 aliphatic heterocycles. The lowest BCUT2D eigenvalue weighted by Gasteiger charge is -2.21. The molecule has 2 aromatic carbocycles. The Bertz CT molecular complexity index is 956. The fourth-order valence-electron chi connectivity index (χ4n) is 2.46. The number of nitrogen functional groups attached to an aromatic ring is 1. The quantitative estimate of drug-likeness (QED) is 0.361. The molecule has 0 spiro atoms. The smallest absolute Gasteiger partial charge is 0.329 e. The van der Waals surface area contributed by atoms with Gasteiger partial charge in [-0.3, -0.25) is 5.43 Å². The number of halogens is 5. The van der Waals surface area contributed by atoms with E-state index in [0.717, 1.165) is 12.1 Å². The van der Waals surface area contributed by atoms with Crippen molar-refractivity contribution in [2.45, 2.75) is 6.18 Å². The third-order valence-electron chi connectivity index (χ3n) is 3.69. The normalized spacial score (nSPS) is 11.7. The van der Waals surface area contributed by atoms with Gasteiger partial charge in [-0.2, -0.15) is 18.2 Å².